The van der Waals surface area contributed by atoms with Gasteiger partial charge in [-0.05, 0) is 54.0 Å². The Balaban J connectivity index is 2.43. The van der Waals surface area contributed by atoms with Crippen molar-refractivity contribution in [1.29, 1.82) is 0 Å². The molecule has 2 unspecified atom stereocenters. The maximum atomic E-state index is 13.2. The molecule has 0 fully saturated rings. The lowest BCUT2D eigenvalue weighted by atomic mass is 9.90. The predicted octanol–water partition coefficient (Wildman–Crippen LogP) is 3.01. The maximum absolute atomic E-state index is 13.2. The van der Waals surface area contributed by atoms with Crippen LogP contribution in [0.4, 0.5) is 4.39 Å². The molecule has 2 heteroatoms. The van der Waals surface area contributed by atoms with Gasteiger partial charge in [-0.2, -0.15) is 0 Å². The van der Waals surface area contributed by atoms with Gasteiger partial charge in [-0.25, -0.2) is 4.39 Å². The standard InChI is InChI=1S/C13H18FN/c1-8(2)12-5-9(7-15)11-4-3-10(14)6-13(11)12/h3-4,6,8-9,12H,5,7,15H2,1-2H3. The minimum Gasteiger partial charge on any atom is -0.330 e. The van der Waals surface area contributed by atoms with Crippen molar-refractivity contribution in [3.05, 3.63) is 35.1 Å². The van der Waals surface area contributed by atoms with E-state index in [-0.39, 0.29) is 5.82 Å². The van der Waals surface area contributed by atoms with Crippen LogP contribution in [-0.4, -0.2) is 6.54 Å². The Hall–Kier alpha value is -0.890. The van der Waals surface area contributed by atoms with Gasteiger partial charge >= 0.3 is 0 Å². The Labute approximate surface area is 90.5 Å². The molecule has 15 heavy (non-hydrogen) atoms. The van der Waals surface area contributed by atoms with Crippen molar-refractivity contribution < 1.29 is 4.39 Å². The Morgan fingerprint density at radius 1 is 1.40 bits per heavy atom. The highest BCUT2D eigenvalue weighted by atomic mass is 19.1. The number of hydrogen-bond donors (Lipinski definition) is 1. The van der Waals surface area contributed by atoms with E-state index < -0.39 is 0 Å². The lowest BCUT2D eigenvalue weighted by molar-refractivity contribution is 0.467. The third-order valence-electron chi connectivity index (χ3n) is 3.52. The van der Waals surface area contributed by atoms with Gasteiger partial charge in [0.15, 0.2) is 0 Å². The van der Waals surface area contributed by atoms with Crippen LogP contribution in [0.1, 0.15) is 43.2 Å². The summed E-state index contributed by atoms with van der Waals surface area (Å²) in [5, 5.41) is 0. The molecule has 2 rings (SSSR count). The fourth-order valence-electron chi connectivity index (χ4n) is 2.65. The summed E-state index contributed by atoms with van der Waals surface area (Å²) in [6.07, 6.45) is 1.08. The normalized spacial score (nSPS) is 24.6. The zero-order valence-electron chi connectivity index (χ0n) is 9.33. The topological polar surface area (TPSA) is 26.0 Å². The van der Waals surface area contributed by atoms with Crippen molar-refractivity contribution in [3.8, 4) is 0 Å². The summed E-state index contributed by atoms with van der Waals surface area (Å²) in [6, 6.07) is 5.14. The van der Waals surface area contributed by atoms with Crippen LogP contribution >= 0.6 is 0 Å². The Bertz CT molecular complexity index is 360. The molecule has 82 valence electrons. The summed E-state index contributed by atoms with van der Waals surface area (Å²) in [5.41, 5.74) is 8.20. The number of hydrogen-bond acceptors (Lipinski definition) is 1. The van der Waals surface area contributed by atoms with Crippen molar-refractivity contribution in [3.63, 3.8) is 0 Å². The first kappa shape index (κ1) is 10.6. The first-order valence-corrected chi connectivity index (χ1v) is 5.63. The molecule has 0 saturated carbocycles. The molecular formula is C13H18FN. The molecule has 1 aromatic carbocycles. The van der Waals surface area contributed by atoms with Crippen molar-refractivity contribution in [2.24, 2.45) is 11.7 Å². The summed E-state index contributed by atoms with van der Waals surface area (Å²) in [5.74, 6) is 1.33. The highest BCUT2D eigenvalue weighted by Gasteiger charge is 2.31. The van der Waals surface area contributed by atoms with Gasteiger partial charge in [0.05, 0.1) is 0 Å². The molecule has 0 spiro atoms. The third-order valence-corrected chi connectivity index (χ3v) is 3.52. The van der Waals surface area contributed by atoms with E-state index in [0.29, 0.717) is 24.3 Å². The molecule has 1 nitrogen and oxygen atoms in total. The third kappa shape index (κ3) is 1.78. The van der Waals surface area contributed by atoms with Gasteiger partial charge in [0.25, 0.3) is 0 Å². The molecule has 1 aliphatic carbocycles. The van der Waals surface area contributed by atoms with Crippen LogP contribution in [0.25, 0.3) is 0 Å². The minimum absolute atomic E-state index is 0.128. The fourth-order valence-corrected chi connectivity index (χ4v) is 2.65. The van der Waals surface area contributed by atoms with Crippen molar-refractivity contribution >= 4 is 0 Å². The average molecular weight is 207 g/mol. The number of nitrogens with two attached hydrogens (primary N) is 1. The van der Waals surface area contributed by atoms with Crippen LogP contribution in [0.3, 0.4) is 0 Å². The molecule has 0 amide bonds. The predicted molar refractivity (Wildman–Crippen MR) is 60.4 cm³/mol. The van der Waals surface area contributed by atoms with Crippen LogP contribution in [0.5, 0.6) is 0 Å². The average Bonchev–Trinajstić information content (AvgIpc) is 2.55. The Morgan fingerprint density at radius 2 is 2.13 bits per heavy atom. The fraction of sp³-hybridized carbons (Fsp3) is 0.538. The van der Waals surface area contributed by atoms with E-state index in [9.17, 15) is 4.39 Å². The molecule has 1 aromatic rings. The molecule has 0 heterocycles. The van der Waals surface area contributed by atoms with Gasteiger partial charge in [0, 0.05) is 0 Å². The highest BCUT2D eigenvalue weighted by molar-refractivity contribution is 5.39. The van der Waals surface area contributed by atoms with Crippen LogP contribution in [-0.2, 0) is 0 Å². The van der Waals surface area contributed by atoms with Crippen LogP contribution in [0.15, 0.2) is 18.2 Å². The van der Waals surface area contributed by atoms with E-state index in [1.54, 1.807) is 12.1 Å². The number of rotatable bonds is 2. The quantitative estimate of drug-likeness (QED) is 0.792. The monoisotopic (exact) mass is 207 g/mol. The summed E-state index contributed by atoms with van der Waals surface area (Å²) in [6.45, 7) is 5.05. The van der Waals surface area contributed by atoms with Gasteiger partial charge in [-0.3, -0.25) is 0 Å². The van der Waals surface area contributed by atoms with E-state index >= 15 is 0 Å². The number of benzene rings is 1. The smallest absolute Gasteiger partial charge is 0.123 e. The van der Waals surface area contributed by atoms with E-state index in [1.165, 1.54) is 11.1 Å². The SMILES string of the molecule is CC(C)C1CC(CN)c2ccc(F)cc21. The molecule has 0 bridgehead atoms. The van der Waals surface area contributed by atoms with Crippen molar-refractivity contribution in [2.45, 2.75) is 32.1 Å². The Morgan fingerprint density at radius 3 is 2.73 bits per heavy atom. The second-order valence-electron chi connectivity index (χ2n) is 4.79. The lowest BCUT2D eigenvalue weighted by Crippen LogP contribution is -2.10. The van der Waals surface area contributed by atoms with E-state index in [0.717, 1.165) is 6.42 Å². The second kappa shape index (κ2) is 3.93. The van der Waals surface area contributed by atoms with Crippen LogP contribution < -0.4 is 5.73 Å². The van der Waals surface area contributed by atoms with Crippen LogP contribution in [0.2, 0.25) is 0 Å². The molecule has 0 saturated heterocycles. The summed E-state index contributed by atoms with van der Waals surface area (Å²) in [4.78, 5) is 0. The van der Waals surface area contributed by atoms with Gasteiger partial charge in [-0.1, -0.05) is 19.9 Å². The molecule has 0 radical (unpaired) electrons. The zero-order valence-corrected chi connectivity index (χ0v) is 9.33. The summed E-state index contributed by atoms with van der Waals surface area (Å²) in [7, 11) is 0. The molecular weight excluding hydrogens is 189 g/mol. The zero-order chi connectivity index (χ0) is 11.0. The van der Waals surface area contributed by atoms with E-state index in [2.05, 4.69) is 13.8 Å². The van der Waals surface area contributed by atoms with E-state index in [1.807, 2.05) is 6.07 Å². The molecule has 0 aliphatic heterocycles. The highest BCUT2D eigenvalue weighted by Crippen LogP contribution is 2.44. The summed E-state index contributed by atoms with van der Waals surface area (Å²) < 4.78 is 13.2. The number of halogens is 1. The lowest BCUT2D eigenvalue weighted by Gasteiger charge is -2.15. The van der Waals surface area contributed by atoms with Crippen molar-refractivity contribution in [2.75, 3.05) is 6.54 Å². The molecule has 2 atom stereocenters. The largest absolute Gasteiger partial charge is 0.330 e. The van der Waals surface area contributed by atoms with Gasteiger partial charge < -0.3 is 5.73 Å². The van der Waals surface area contributed by atoms with Crippen LogP contribution in [0, 0.1) is 11.7 Å². The minimum atomic E-state index is -0.128. The first-order valence-electron chi connectivity index (χ1n) is 5.63. The van der Waals surface area contributed by atoms with Gasteiger partial charge in [0.2, 0.25) is 0 Å². The molecule has 1 aliphatic rings. The van der Waals surface area contributed by atoms with Gasteiger partial charge in [0.1, 0.15) is 5.82 Å². The Kier molecular flexibility index (Phi) is 2.79. The van der Waals surface area contributed by atoms with Gasteiger partial charge in [-0.15, -0.1) is 0 Å². The van der Waals surface area contributed by atoms with E-state index in [4.69, 9.17) is 5.73 Å². The molecule has 2 N–H and O–H groups in total. The summed E-state index contributed by atoms with van der Waals surface area (Å²) >= 11 is 0. The first-order chi connectivity index (χ1) is 7.13. The number of fused-ring (bicyclic) bond motifs is 1. The second-order valence-corrected chi connectivity index (χ2v) is 4.79. The maximum Gasteiger partial charge on any atom is 0.123 e. The van der Waals surface area contributed by atoms with Crippen molar-refractivity contribution in [1.82, 2.24) is 0 Å². The molecule has 0 aromatic heterocycles.